The molecule has 8 heteroatoms. The first-order valence-electron chi connectivity index (χ1n) is 15.7. The number of esters is 1. The van der Waals surface area contributed by atoms with Crippen LogP contribution in [-0.4, -0.2) is 72.3 Å². The van der Waals surface area contributed by atoms with E-state index in [9.17, 15) is 9.90 Å². The lowest BCUT2D eigenvalue weighted by Gasteiger charge is -2.41. The minimum absolute atomic E-state index is 0.00609. The van der Waals surface area contributed by atoms with E-state index in [0.717, 1.165) is 77.2 Å². The van der Waals surface area contributed by atoms with Crippen LogP contribution in [0.4, 0.5) is 0 Å². The second kappa shape index (κ2) is 13.2. The smallest absolute Gasteiger partial charge is 0.306 e. The summed E-state index contributed by atoms with van der Waals surface area (Å²) in [6, 6.07) is 10.2. The molecule has 5 saturated heterocycles. The Hall–Kier alpha value is -1.55. The molecule has 0 saturated carbocycles. The summed E-state index contributed by atoms with van der Waals surface area (Å²) in [6.07, 6.45) is 11.5. The maximum atomic E-state index is 11.7. The lowest BCUT2D eigenvalue weighted by atomic mass is 9.93. The zero-order chi connectivity index (χ0) is 27.4. The number of rotatable bonds is 10. The first-order valence-corrected chi connectivity index (χ1v) is 15.7. The van der Waals surface area contributed by atoms with Crippen LogP contribution in [0.1, 0.15) is 95.5 Å². The van der Waals surface area contributed by atoms with Crippen LogP contribution in [0.3, 0.4) is 0 Å². The Labute approximate surface area is 238 Å². The van der Waals surface area contributed by atoms with Crippen LogP contribution >= 0.6 is 0 Å². The molecule has 0 aliphatic carbocycles. The summed E-state index contributed by atoms with van der Waals surface area (Å²) in [5.74, 6) is -0.795. The predicted octanol–water partition coefficient (Wildman–Crippen LogP) is 4.98. The maximum absolute atomic E-state index is 11.7. The van der Waals surface area contributed by atoms with Gasteiger partial charge in [-0.2, -0.15) is 0 Å². The number of carbonyl (C=O) groups excluding carboxylic acids is 1. The Bertz CT molecular complexity index is 957. The molecule has 5 aliphatic heterocycles. The van der Waals surface area contributed by atoms with Gasteiger partial charge >= 0.3 is 5.97 Å². The molecule has 6 rings (SSSR count). The van der Waals surface area contributed by atoms with Crippen LogP contribution in [0, 0.1) is 0 Å². The van der Waals surface area contributed by atoms with Crippen molar-refractivity contribution >= 4 is 5.97 Å². The fourth-order valence-corrected chi connectivity index (χ4v) is 7.39. The van der Waals surface area contributed by atoms with Gasteiger partial charge in [0.25, 0.3) is 0 Å². The van der Waals surface area contributed by atoms with Gasteiger partial charge in [-0.25, -0.2) is 0 Å². The molecule has 5 aliphatic rings. The summed E-state index contributed by atoms with van der Waals surface area (Å²) < 4.78 is 37.4. The molecule has 1 N–H and O–H groups in total. The van der Waals surface area contributed by atoms with E-state index in [4.69, 9.17) is 28.4 Å². The van der Waals surface area contributed by atoms with Crippen molar-refractivity contribution in [1.82, 2.24) is 0 Å². The third-order valence-corrected chi connectivity index (χ3v) is 9.38. The van der Waals surface area contributed by atoms with Gasteiger partial charge < -0.3 is 33.5 Å². The van der Waals surface area contributed by atoms with E-state index in [2.05, 4.69) is 12.1 Å². The number of unbranched alkanes of at least 4 members (excludes halogenated alkanes) is 1. The third kappa shape index (κ3) is 7.08. The van der Waals surface area contributed by atoms with Gasteiger partial charge in [0.1, 0.15) is 6.10 Å². The normalized spacial score (nSPS) is 40.1. The molecule has 5 fully saturated rings. The Kier molecular flexibility index (Phi) is 9.41. The van der Waals surface area contributed by atoms with Crippen LogP contribution in [0.25, 0.3) is 0 Å². The first-order chi connectivity index (χ1) is 19.6. The van der Waals surface area contributed by atoms with Crippen molar-refractivity contribution in [3.05, 3.63) is 35.9 Å². The molecule has 9 atom stereocenters. The second-order valence-electron chi connectivity index (χ2n) is 12.5. The van der Waals surface area contributed by atoms with Gasteiger partial charge in [0.05, 0.1) is 49.3 Å². The highest BCUT2D eigenvalue weighted by molar-refractivity contribution is 5.70. The van der Waals surface area contributed by atoms with Gasteiger partial charge in [0.15, 0.2) is 5.79 Å². The fraction of sp³-hybridized carbons (Fsp3) is 0.781. The van der Waals surface area contributed by atoms with Crippen molar-refractivity contribution < 1.29 is 38.3 Å². The van der Waals surface area contributed by atoms with Crippen LogP contribution in [-0.2, 0) is 39.8 Å². The molecule has 222 valence electrons. The lowest BCUT2D eigenvalue weighted by Crippen LogP contribution is -2.47. The quantitative estimate of drug-likeness (QED) is 0.318. The molecular weight excluding hydrogens is 512 g/mol. The molecule has 0 aromatic heterocycles. The standard InChI is InChI=1S/C32H46O8/c33-23-19-24(9-4-5-18-35-21-22-7-2-1-3-8-22)39-32(20-23)17-16-30(40-32)29-15-14-28(37-29)27-13-12-26(36-27)25-10-6-11-31(34)38-25/h1-3,7-8,23-30,33H,4-6,9-21H2/t23-,24-,25-,26+,27+,28-,29+,30-,32-/m0/s1. The topological polar surface area (TPSA) is 92.7 Å². The molecule has 1 aromatic rings. The van der Waals surface area contributed by atoms with Crippen molar-refractivity contribution in [2.24, 2.45) is 0 Å². The monoisotopic (exact) mass is 558 g/mol. The zero-order valence-electron chi connectivity index (χ0n) is 23.6. The summed E-state index contributed by atoms with van der Waals surface area (Å²) in [6.45, 7) is 1.37. The highest BCUT2D eigenvalue weighted by Crippen LogP contribution is 2.45. The first kappa shape index (κ1) is 28.6. The number of ether oxygens (including phenoxy) is 6. The molecular formula is C32H46O8. The summed E-state index contributed by atoms with van der Waals surface area (Å²) in [5.41, 5.74) is 1.19. The Morgan fingerprint density at radius 1 is 0.850 bits per heavy atom. The van der Waals surface area contributed by atoms with Crippen molar-refractivity contribution in [3.8, 4) is 0 Å². The van der Waals surface area contributed by atoms with E-state index in [1.165, 1.54) is 5.56 Å². The molecule has 0 amide bonds. The van der Waals surface area contributed by atoms with E-state index in [1.54, 1.807) is 0 Å². The van der Waals surface area contributed by atoms with Crippen molar-refractivity contribution in [2.45, 2.75) is 151 Å². The summed E-state index contributed by atoms with van der Waals surface area (Å²) in [7, 11) is 0. The molecule has 0 bridgehead atoms. The van der Waals surface area contributed by atoms with Gasteiger partial charge in [-0.1, -0.05) is 30.3 Å². The number of cyclic esters (lactones) is 1. The van der Waals surface area contributed by atoms with Crippen LogP contribution < -0.4 is 0 Å². The van der Waals surface area contributed by atoms with Gasteiger partial charge in [0.2, 0.25) is 0 Å². The molecule has 40 heavy (non-hydrogen) atoms. The lowest BCUT2D eigenvalue weighted by molar-refractivity contribution is -0.295. The molecule has 5 heterocycles. The highest BCUT2D eigenvalue weighted by atomic mass is 16.7. The SMILES string of the molecule is O=C1CCC[C@@H]([C@H]2CC[C@H]([C@@H]3CC[C@H]([C@@H]4CC[C@@]5(C[C@@H](O)C[C@H](CCCCOCc6ccccc6)O5)O4)O3)O2)O1. The second-order valence-corrected chi connectivity index (χ2v) is 12.5. The minimum Gasteiger partial charge on any atom is -0.460 e. The minimum atomic E-state index is -0.696. The van der Waals surface area contributed by atoms with Crippen molar-refractivity contribution in [2.75, 3.05) is 6.61 Å². The van der Waals surface area contributed by atoms with Crippen molar-refractivity contribution in [3.63, 3.8) is 0 Å². The average molecular weight is 559 g/mol. The zero-order valence-corrected chi connectivity index (χ0v) is 23.6. The predicted molar refractivity (Wildman–Crippen MR) is 146 cm³/mol. The van der Waals surface area contributed by atoms with Gasteiger partial charge in [-0.15, -0.1) is 0 Å². The van der Waals surface area contributed by atoms with Gasteiger partial charge in [0, 0.05) is 25.9 Å². The van der Waals surface area contributed by atoms with E-state index in [0.29, 0.717) is 25.9 Å². The van der Waals surface area contributed by atoms with Crippen LogP contribution in [0.2, 0.25) is 0 Å². The molecule has 0 radical (unpaired) electrons. The summed E-state index contributed by atoms with van der Waals surface area (Å²) >= 11 is 0. The Balaban J connectivity index is 0.920. The van der Waals surface area contributed by atoms with Gasteiger partial charge in [-0.3, -0.25) is 4.79 Å². The maximum Gasteiger partial charge on any atom is 0.306 e. The van der Waals surface area contributed by atoms with E-state index in [1.807, 2.05) is 18.2 Å². The number of hydrogen-bond acceptors (Lipinski definition) is 8. The average Bonchev–Trinajstić information content (AvgIpc) is 3.71. The third-order valence-electron chi connectivity index (χ3n) is 9.38. The van der Waals surface area contributed by atoms with Gasteiger partial charge in [-0.05, 0) is 76.2 Å². The molecule has 1 spiro atoms. The number of hydrogen-bond donors (Lipinski definition) is 1. The van der Waals surface area contributed by atoms with Crippen LogP contribution in [0.5, 0.6) is 0 Å². The fourth-order valence-electron chi connectivity index (χ4n) is 7.39. The Morgan fingerprint density at radius 3 is 2.33 bits per heavy atom. The number of aliphatic hydroxyl groups is 1. The van der Waals surface area contributed by atoms with Crippen LogP contribution in [0.15, 0.2) is 30.3 Å². The number of carbonyl (C=O) groups is 1. The summed E-state index contributed by atoms with van der Waals surface area (Å²) in [4.78, 5) is 11.7. The molecule has 8 nitrogen and oxygen atoms in total. The largest absolute Gasteiger partial charge is 0.460 e. The van der Waals surface area contributed by atoms with E-state index in [-0.39, 0.29) is 48.7 Å². The highest BCUT2D eigenvalue weighted by Gasteiger charge is 2.51. The number of aliphatic hydroxyl groups excluding tert-OH is 1. The van der Waals surface area contributed by atoms with E-state index < -0.39 is 11.9 Å². The Morgan fingerprint density at radius 2 is 1.57 bits per heavy atom. The van der Waals surface area contributed by atoms with Crippen molar-refractivity contribution in [1.29, 1.82) is 0 Å². The molecule has 0 unspecified atom stereocenters. The van der Waals surface area contributed by atoms with E-state index >= 15 is 0 Å². The molecule has 1 aromatic carbocycles. The number of benzene rings is 1. The summed E-state index contributed by atoms with van der Waals surface area (Å²) in [5, 5.41) is 10.7.